The summed E-state index contributed by atoms with van der Waals surface area (Å²) in [6, 6.07) is -0.0369. The van der Waals surface area contributed by atoms with Gasteiger partial charge in [-0.2, -0.15) is 17.4 Å². The number of aliphatic hydroxyl groups excluding tert-OH is 1. The summed E-state index contributed by atoms with van der Waals surface area (Å²) in [6.07, 6.45) is 5.30. The molecule has 3 atom stereocenters. The van der Waals surface area contributed by atoms with Crippen LogP contribution in [0.1, 0.15) is 59.3 Å². The summed E-state index contributed by atoms with van der Waals surface area (Å²) >= 11 is 0. The van der Waals surface area contributed by atoms with Crippen molar-refractivity contribution in [2.24, 2.45) is 5.92 Å². The Kier molecular flexibility index (Phi) is 4.79. The molecule has 2 rings (SSSR count). The Balaban J connectivity index is 2.14. The number of aliphatic hydroxyl groups is 1. The van der Waals surface area contributed by atoms with Crippen molar-refractivity contribution in [2.45, 2.75) is 77.0 Å². The minimum absolute atomic E-state index is 0.0369. The van der Waals surface area contributed by atoms with Crippen LogP contribution < -0.4 is 4.72 Å². The van der Waals surface area contributed by atoms with E-state index in [0.29, 0.717) is 6.54 Å². The monoisotopic (exact) mass is 304 g/mol. The molecular weight excluding hydrogens is 276 g/mol. The van der Waals surface area contributed by atoms with Gasteiger partial charge in [0.1, 0.15) is 0 Å². The van der Waals surface area contributed by atoms with Crippen LogP contribution in [0.25, 0.3) is 0 Å². The van der Waals surface area contributed by atoms with Crippen LogP contribution in [0, 0.1) is 5.92 Å². The van der Waals surface area contributed by atoms with Gasteiger partial charge in [0, 0.05) is 24.0 Å². The first-order chi connectivity index (χ1) is 9.21. The highest BCUT2D eigenvalue weighted by Gasteiger charge is 2.42. The summed E-state index contributed by atoms with van der Waals surface area (Å²) in [6.45, 7) is 6.13. The maximum Gasteiger partial charge on any atom is 0.280 e. The summed E-state index contributed by atoms with van der Waals surface area (Å²) < 4.78 is 29.4. The van der Waals surface area contributed by atoms with Crippen molar-refractivity contribution >= 4 is 10.2 Å². The van der Waals surface area contributed by atoms with Crippen molar-refractivity contribution < 1.29 is 13.5 Å². The quantitative estimate of drug-likeness (QED) is 0.832. The molecule has 1 aliphatic heterocycles. The molecule has 3 unspecified atom stereocenters. The van der Waals surface area contributed by atoms with Gasteiger partial charge in [0.25, 0.3) is 10.2 Å². The zero-order valence-electron chi connectivity index (χ0n) is 12.8. The molecule has 0 aromatic heterocycles. The highest BCUT2D eigenvalue weighted by molar-refractivity contribution is 7.87. The average Bonchev–Trinajstić information content (AvgIpc) is 2.75. The Morgan fingerprint density at radius 1 is 1.10 bits per heavy atom. The van der Waals surface area contributed by atoms with Gasteiger partial charge in [-0.15, -0.1) is 0 Å². The Morgan fingerprint density at radius 2 is 1.75 bits per heavy atom. The van der Waals surface area contributed by atoms with Crippen LogP contribution >= 0.6 is 0 Å². The summed E-state index contributed by atoms with van der Waals surface area (Å²) in [7, 11) is -3.47. The lowest BCUT2D eigenvalue weighted by Gasteiger charge is -2.37. The molecule has 1 saturated carbocycles. The van der Waals surface area contributed by atoms with E-state index in [1.165, 1.54) is 0 Å². The van der Waals surface area contributed by atoms with Crippen LogP contribution in [0.3, 0.4) is 0 Å². The Labute approximate surface area is 122 Å². The lowest BCUT2D eigenvalue weighted by molar-refractivity contribution is 0.0383. The van der Waals surface area contributed by atoms with E-state index >= 15 is 0 Å². The van der Waals surface area contributed by atoms with Crippen molar-refractivity contribution in [1.29, 1.82) is 0 Å². The van der Waals surface area contributed by atoms with Gasteiger partial charge in [-0.25, -0.2) is 0 Å². The molecule has 0 aromatic carbocycles. The third-order valence-corrected chi connectivity index (χ3v) is 6.21. The van der Waals surface area contributed by atoms with Crippen LogP contribution in [-0.4, -0.2) is 42.1 Å². The maximum absolute atomic E-state index is 12.5. The topological polar surface area (TPSA) is 69.6 Å². The van der Waals surface area contributed by atoms with E-state index in [-0.39, 0.29) is 18.1 Å². The van der Waals surface area contributed by atoms with Gasteiger partial charge in [-0.3, -0.25) is 0 Å². The molecule has 20 heavy (non-hydrogen) atoms. The largest absolute Gasteiger partial charge is 0.393 e. The van der Waals surface area contributed by atoms with Crippen LogP contribution in [0.4, 0.5) is 0 Å². The molecule has 2 N–H and O–H groups in total. The average molecular weight is 304 g/mol. The predicted molar refractivity (Wildman–Crippen MR) is 79.5 cm³/mol. The van der Waals surface area contributed by atoms with E-state index in [2.05, 4.69) is 4.72 Å². The zero-order chi connectivity index (χ0) is 15.0. The van der Waals surface area contributed by atoms with Crippen molar-refractivity contribution in [3.8, 4) is 0 Å². The molecule has 0 spiro atoms. The van der Waals surface area contributed by atoms with E-state index < -0.39 is 15.7 Å². The van der Waals surface area contributed by atoms with Gasteiger partial charge in [0.2, 0.25) is 0 Å². The first kappa shape index (κ1) is 16.2. The third kappa shape index (κ3) is 3.72. The van der Waals surface area contributed by atoms with E-state index in [1.807, 2.05) is 20.8 Å². The van der Waals surface area contributed by atoms with Crippen LogP contribution in [-0.2, 0) is 10.2 Å². The minimum atomic E-state index is -3.47. The molecule has 0 radical (unpaired) electrons. The number of nitrogens with one attached hydrogen (secondary N) is 1. The van der Waals surface area contributed by atoms with Crippen molar-refractivity contribution in [3.05, 3.63) is 0 Å². The molecule has 1 aliphatic carbocycles. The second-order valence-corrected chi connectivity index (χ2v) is 8.82. The Morgan fingerprint density at radius 3 is 2.35 bits per heavy atom. The lowest BCUT2D eigenvalue weighted by atomic mass is 9.81. The van der Waals surface area contributed by atoms with E-state index in [4.69, 9.17) is 0 Å². The van der Waals surface area contributed by atoms with E-state index in [9.17, 15) is 13.5 Å². The first-order valence-electron chi connectivity index (χ1n) is 7.69. The van der Waals surface area contributed by atoms with E-state index in [0.717, 1.165) is 38.5 Å². The molecule has 0 aromatic rings. The van der Waals surface area contributed by atoms with Crippen molar-refractivity contribution in [3.63, 3.8) is 0 Å². The SMILES string of the molecule is CC(C)(C)NS(=O)(=O)N1CCCC1C1CCCCC1O. The minimum Gasteiger partial charge on any atom is -0.393 e. The van der Waals surface area contributed by atoms with Crippen molar-refractivity contribution in [1.82, 2.24) is 9.03 Å². The molecule has 1 heterocycles. The zero-order valence-corrected chi connectivity index (χ0v) is 13.6. The molecule has 118 valence electrons. The van der Waals surface area contributed by atoms with Crippen LogP contribution in [0.15, 0.2) is 0 Å². The van der Waals surface area contributed by atoms with Gasteiger partial charge in [0.15, 0.2) is 0 Å². The van der Waals surface area contributed by atoms with E-state index in [1.54, 1.807) is 4.31 Å². The number of rotatable bonds is 3. The van der Waals surface area contributed by atoms with Crippen LogP contribution in [0.5, 0.6) is 0 Å². The fourth-order valence-corrected chi connectivity index (χ4v) is 5.41. The van der Waals surface area contributed by atoms with Gasteiger partial charge < -0.3 is 5.11 Å². The van der Waals surface area contributed by atoms with Crippen LogP contribution in [0.2, 0.25) is 0 Å². The summed E-state index contributed by atoms with van der Waals surface area (Å²) in [5.41, 5.74) is -0.475. The summed E-state index contributed by atoms with van der Waals surface area (Å²) in [5.74, 6) is 0.0998. The summed E-state index contributed by atoms with van der Waals surface area (Å²) in [4.78, 5) is 0. The fraction of sp³-hybridized carbons (Fsp3) is 1.00. The van der Waals surface area contributed by atoms with Gasteiger partial charge in [-0.1, -0.05) is 12.8 Å². The molecular formula is C14H28N2O3S. The molecule has 2 fully saturated rings. The smallest absolute Gasteiger partial charge is 0.280 e. The molecule has 5 nitrogen and oxygen atoms in total. The van der Waals surface area contributed by atoms with Gasteiger partial charge in [0.05, 0.1) is 6.10 Å². The highest BCUT2D eigenvalue weighted by atomic mass is 32.2. The molecule has 0 bridgehead atoms. The first-order valence-corrected chi connectivity index (χ1v) is 9.13. The number of nitrogens with zero attached hydrogens (tertiary/aromatic N) is 1. The second kappa shape index (κ2) is 5.91. The number of hydrogen-bond acceptors (Lipinski definition) is 3. The van der Waals surface area contributed by atoms with Gasteiger partial charge in [-0.05, 0) is 46.5 Å². The van der Waals surface area contributed by atoms with Crippen molar-refractivity contribution in [2.75, 3.05) is 6.54 Å². The maximum atomic E-state index is 12.5. The fourth-order valence-electron chi connectivity index (χ4n) is 3.53. The molecule has 1 saturated heterocycles. The Bertz CT molecular complexity index is 430. The molecule has 2 aliphatic rings. The predicted octanol–water partition coefficient (Wildman–Crippen LogP) is 1.63. The Hall–Kier alpha value is -0.170. The molecule has 0 amide bonds. The normalized spacial score (nSPS) is 33.5. The lowest BCUT2D eigenvalue weighted by Crippen LogP contribution is -2.53. The van der Waals surface area contributed by atoms with Gasteiger partial charge >= 0.3 is 0 Å². The second-order valence-electron chi connectivity index (χ2n) is 7.19. The highest BCUT2D eigenvalue weighted by Crippen LogP contribution is 2.35. The summed E-state index contributed by atoms with van der Waals surface area (Å²) in [5, 5.41) is 10.2. The number of hydrogen-bond donors (Lipinski definition) is 2. The third-order valence-electron chi connectivity index (χ3n) is 4.27. The molecule has 6 heteroatoms. The standard InChI is InChI=1S/C14H28N2O3S/c1-14(2,3)15-20(18,19)16-10-6-8-12(16)11-7-4-5-9-13(11)17/h11-13,15,17H,4-10H2,1-3H3.